The van der Waals surface area contributed by atoms with Crippen molar-refractivity contribution in [2.24, 2.45) is 5.73 Å². The molecular weight excluding hydrogens is 336 g/mol. The van der Waals surface area contributed by atoms with E-state index in [2.05, 4.69) is 5.32 Å². The van der Waals surface area contributed by atoms with Crippen molar-refractivity contribution in [2.75, 3.05) is 6.54 Å². The van der Waals surface area contributed by atoms with Crippen LogP contribution in [0.5, 0.6) is 0 Å². The number of rotatable bonds is 7. The minimum absolute atomic E-state index is 0.0101. The molecule has 0 bridgehead atoms. The highest BCUT2D eigenvalue weighted by Gasteiger charge is 2.13. The number of nitrogens with one attached hydrogen (secondary N) is 1. The van der Waals surface area contributed by atoms with Crippen molar-refractivity contribution in [1.82, 2.24) is 5.32 Å². The fourth-order valence-corrected chi connectivity index (χ4v) is 2.35. The third kappa shape index (κ3) is 5.86. The second-order valence-corrected chi connectivity index (χ2v) is 5.76. The quantitative estimate of drug-likeness (QED) is 0.593. The van der Waals surface area contributed by atoms with Gasteiger partial charge in [0.05, 0.1) is 6.42 Å². The van der Waals surface area contributed by atoms with Gasteiger partial charge in [-0.1, -0.05) is 12.1 Å². The number of benzene rings is 2. The fourth-order valence-electron chi connectivity index (χ4n) is 2.35. The summed E-state index contributed by atoms with van der Waals surface area (Å²) in [6.07, 6.45) is 0.470. The van der Waals surface area contributed by atoms with Crippen LogP contribution in [0.3, 0.4) is 0 Å². The molecule has 0 aromatic heterocycles. The van der Waals surface area contributed by atoms with Crippen LogP contribution in [0.4, 0.5) is 17.6 Å². The molecule has 0 radical (unpaired) electrons. The van der Waals surface area contributed by atoms with Crippen molar-refractivity contribution in [3.8, 4) is 0 Å². The lowest BCUT2D eigenvalue weighted by atomic mass is 10.0. The van der Waals surface area contributed by atoms with Gasteiger partial charge in [-0.05, 0) is 42.2 Å². The molecule has 0 saturated heterocycles. The highest BCUT2D eigenvalue weighted by molar-refractivity contribution is 5.78. The zero-order valence-corrected chi connectivity index (χ0v) is 13.4. The lowest BCUT2D eigenvalue weighted by Crippen LogP contribution is -2.32. The summed E-state index contributed by atoms with van der Waals surface area (Å²) in [5, 5.41) is 2.66. The Bertz CT molecular complexity index is 735. The summed E-state index contributed by atoms with van der Waals surface area (Å²) < 4.78 is 52.3. The first-order chi connectivity index (χ1) is 11.8. The van der Waals surface area contributed by atoms with Gasteiger partial charge in [-0.25, -0.2) is 17.6 Å². The fraction of sp³-hybridized carbons (Fsp3) is 0.278. The molecule has 0 heterocycles. The maximum atomic E-state index is 13.6. The van der Waals surface area contributed by atoms with Gasteiger partial charge >= 0.3 is 0 Å². The Labute approximate surface area is 142 Å². The van der Waals surface area contributed by atoms with Crippen LogP contribution in [0.15, 0.2) is 36.4 Å². The van der Waals surface area contributed by atoms with Crippen LogP contribution >= 0.6 is 0 Å². The number of halogens is 4. The molecule has 0 aliphatic heterocycles. The number of carbonyl (C=O) groups excluding carboxylic acids is 1. The number of hydrogen-bond acceptors (Lipinski definition) is 2. The number of hydrogen-bond donors (Lipinski definition) is 2. The maximum absolute atomic E-state index is 13.6. The Morgan fingerprint density at radius 2 is 1.64 bits per heavy atom. The average Bonchev–Trinajstić information content (AvgIpc) is 2.55. The van der Waals surface area contributed by atoms with Crippen molar-refractivity contribution in [1.29, 1.82) is 0 Å². The molecule has 2 rings (SSSR count). The zero-order chi connectivity index (χ0) is 18.4. The van der Waals surface area contributed by atoms with E-state index in [4.69, 9.17) is 5.73 Å². The van der Waals surface area contributed by atoms with Crippen molar-refractivity contribution in [3.05, 3.63) is 70.8 Å². The van der Waals surface area contributed by atoms with Gasteiger partial charge in [-0.3, -0.25) is 4.79 Å². The molecule has 0 saturated carbocycles. The summed E-state index contributed by atoms with van der Waals surface area (Å²) in [6.45, 7) is 0.256. The van der Waals surface area contributed by atoms with E-state index in [1.807, 2.05) is 0 Å². The molecular formula is C18H18F4N2O. The van der Waals surface area contributed by atoms with Crippen molar-refractivity contribution >= 4 is 5.91 Å². The Morgan fingerprint density at radius 3 is 2.32 bits per heavy atom. The Hall–Kier alpha value is -2.41. The Kier molecular flexibility index (Phi) is 6.52. The molecule has 3 N–H and O–H groups in total. The average molecular weight is 354 g/mol. The van der Waals surface area contributed by atoms with Crippen molar-refractivity contribution < 1.29 is 22.4 Å². The van der Waals surface area contributed by atoms with Crippen LogP contribution in [-0.4, -0.2) is 18.5 Å². The number of nitrogens with two attached hydrogens (primary N) is 1. The normalized spacial score (nSPS) is 12.0. The van der Waals surface area contributed by atoms with E-state index in [-0.39, 0.29) is 36.7 Å². The molecule has 0 unspecified atom stereocenters. The summed E-state index contributed by atoms with van der Waals surface area (Å²) in [5.41, 5.74) is 6.51. The molecule has 2 aromatic carbocycles. The molecule has 7 heteroatoms. The first kappa shape index (κ1) is 18.9. The first-order valence-corrected chi connectivity index (χ1v) is 7.75. The zero-order valence-electron chi connectivity index (χ0n) is 13.4. The predicted octanol–water partition coefficient (Wildman–Crippen LogP) is 2.86. The van der Waals surface area contributed by atoms with E-state index in [1.165, 1.54) is 24.3 Å². The highest BCUT2D eigenvalue weighted by Crippen LogP contribution is 2.15. The van der Waals surface area contributed by atoms with Crippen LogP contribution in [0.2, 0.25) is 0 Å². The first-order valence-electron chi connectivity index (χ1n) is 7.75. The highest BCUT2D eigenvalue weighted by atomic mass is 19.2. The lowest BCUT2D eigenvalue weighted by molar-refractivity contribution is -0.120. The van der Waals surface area contributed by atoms with Gasteiger partial charge in [0, 0.05) is 18.7 Å². The number of carbonyl (C=O) groups is 1. The van der Waals surface area contributed by atoms with Gasteiger partial charge in [0.15, 0.2) is 11.6 Å². The van der Waals surface area contributed by atoms with Gasteiger partial charge in [0.2, 0.25) is 5.91 Å². The van der Waals surface area contributed by atoms with Crippen LogP contribution in [0.25, 0.3) is 0 Å². The van der Waals surface area contributed by atoms with Crippen LogP contribution in [-0.2, 0) is 17.6 Å². The molecule has 0 aliphatic rings. The number of amides is 1. The van der Waals surface area contributed by atoms with Crippen LogP contribution < -0.4 is 11.1 Å². The van der Waals surface area contributed by atoms with Gasteiger partial charge < -0.3 is 11.1 Å². The molecule has 0 fully saturated rings. The monoisotopic (exact) mass is 354 g/mol. The molecule has 1 amide bonds. The standard InChI is InChI=1S/C18H18F4N2O/c19-13-3-1-11(2-4-13)7-18(25)24-6-5-14(23)8-12-9-16(21)17(22)10-15(12)20/h1-4,9-10,14H,5-8,23H2,(H,24,25)/t14-/m0/s1. The van der Waals surface area contributed by atoms with E-state index >= 15 is 0 Å². The van der Waals surface area contributed by atoms with E-state index in [9.17, 15) is 22.4 Å². The van der Waals surface area contributed by atoms with E-state index in [0.717, 1.165) is 6.07 Å². The third-order valence-corrected chi connectivity index (χ3v) is 3.69. The second-order valence-electron chi connectivity index (χ2n) is 5.76. The Morgan fingerprint density at radius 1 is 1.00 bits per heavy atom. The molecule has 134 valence electrons. The van der Waals surface area contributed by atoms with Gasteiger partial charge in [-0.15, -0.1) is 0 Å². The van der Waals surface area contributed by atoms with Crippen LogP contribution in [0, 0.1) is 23.3 Å². The molecule has 25 heavy (non-hydrogen) atoms. The van der Waals surface area contributed by atoms with Gasteiger partial charge in [0.25, 0.3) is 0 Å². The van der Waals surface area contributed by atoms with Crippen LogP contribution in [0.1, 0.15) is 17.5 Å². The van der Waals surface area contributed by atoms with E-state index in [0.29, 0.717) is 18.1 Å². The summed E-state index contributed by atoms with van der Waals surface area (Å²) in [5.74, 6) is -3.86. The van der Waals surface area contributed by atoms with Gasteiger partial charge in [-0.2, -0.15) is 0 Å². The van der Waals surface area contributed by atoms with E-state index in [1.54, 1.807) is 0 Å². The SMILES string of the molecule is N[C@@H](CCNC(=O)Cc1ccc(F)cc1)Cc1cc(F)c(F)cc1F. The second kappa shape index (κ2) is 8.62. The summed E-state index contributed by atoms with van der Waals surface area (Å²) in [6, 6.07) is 6.34. The maximum Gasteiger partial charge on any atom is 0.224 e. The summed E-state index contributed by atoms with van der Waals surface area (Å²) >= 11 is 0. The predicted molar refractivity (Wildman–Crippen MR) is 85.7 cm³/mol. The van der Waals surface area contributed by atoms with E-state index < -0.39 is 23.5 Å². The molecule has 2 aromatic rings. The molecule has 0 aliphatic carbocycles. The summed E-state index contributed by atoms with van der Waals surface area (Å²) in [7, 11) is 0. The third-order valence-electron chi connectivity index (χ3n) is 3.69. The minimum Gasteiger partial charge on any atom is -0.356 e. The largest absolute Gasteiger partial charge is 0.356 e. The molecule has 3 nitrogen and oxygen atoms in total. The topological polar surface area (TPSA) is 55.1 Å². The van der Waals surface area contributed by atoms with Crippen molar-refractivity contribution in [3.63, 3.8) is 0 Å². The smallest absolute Gasteiger partial charge is 0.224 e. The lowest BCUT2D eigenvalue weighted by Gasteiger charge is -2.13. The Balaban J connectivity index is 1.76. The van der Waals surface area contributed by atoms with Gasteiger partial charge in [0.1, 0.15) is 11.6 Å². The summed E-state index contributed by atoms with van der Waals surface area (Å²) in [4.78, 5) is 11.8. The molecule has 1 atom stereocenters. The molecule has 0 spiro atoms. The minimum atomic E-state index is -1.25. The van der Waals surface area contributed by atoms with Crippen molar-refractivity contribution in [2.45, 2.75) is 25.3 Å².